The molecule has 0 aliphatic rings. The Morgan fingerprint density at radius 3 is 2.38 bits per heavy atom. The van der Waals surface area contributed by atoms with Crippen LogP contribution in [0.4, 0.5) is 13.2 Å². The molecule has 0 saturated heterocycles. The summed E-state index contributed by atoms with van der Waals surface area (Å²) in [7, 11) is 0. The molecule has 88 valence electrons. The van der Waals surface area contributed by atoms with Crippen molar-refractivity contribution in [1.82, 2.24) is 0 Å². The van der Waals surface area contributed by atoms with Gasteiger partial charge in [0, 0.05) is 9.13 Å². The first-order chi connectivity index (χ1) is 7.29. The minimum absolute atomic E-state index is 0.0692. The number of Topliss-reactive ketones (excluding diaryl/α,β-unsaturated/α-hetero) is 1. The zero-order chi connectivity index (χ0) is 12.5. The van der Waals surface area contributed by atoms with Crippen LogP contribution in [0.1, 0.15) is 15.9 Å². The van der Waals surface area contributed by atoms with Gasteiger partial charge in [-0.3, -0.25) is 4.79 Å². The summed E-state index contributed by atoms with van der Waals surface area (Å²) in [5.74, 6) is -1.31. The average Bonchev–Trinajstić information content (AvgIpc) is 2.19. The predicted molar refractivity (Wildman–Crippen MR) is 64.2 cm³/mol. The van der Waals surface area contributed by atoms with Crippen LogP contribution >= 0.6 is 45.8 Å². The topological polar surface area (TPSA) is 17.1 Å². The molecule has 0 fully saturated rings. The number of alkyl halides is 4. The van der Waals surface area contributed by atoms with Gasteiger partial charge in [0.2, 0.25) is 0 Å². The maximum Gasteiger partial charge on any atom is 0.417 e. The van der Waals surface area contributed by atoms with E-state index >= 15 is 0 Å². The van der Waals surface area contributed by atoms with E-state index in [-0.39, 0.29) is 8.59 Å². The number of hydrogen-bond donors (Lipinski definition) is 0. The Bertz CT molecular complexity index is 431. The zero-order valence-corrected chi connectivity index (χ0v) is 11.2. The third-order valence-corrected chi connectivity index (χ3v) is 3.80. The molecule has 7 heteroatoms. The lowest BCUT2D eigenvalue weighted by Gasteiger charge is -2.13. The molecular formula is C9H4Cl2F3IO. The molecule has 0 unspecified atom stereocenters. The number of rotatable bonds is 2. The summed E-state index contributed by atoms with van der Waals surface area (Å²) in [5, 5.41) is 0.0991. The Labute approximate surface area is 113 Å². The first-order valence-corrected chi connectivity index (χ1v) is 5.92. The number of carbonyl (C=O) groups excluding carboxylic acids is 1. The highest BCUT2D eigenvalue weighted by Gasteiger charge is 2.36. The Hall–Kier alpha value is -0.0100. The van der Waals surface area contributed by atoms with E-state index in [0.717, 1.165) is 12.1 Å². The molecule has 0 aromatic heterocycles. The minimum atomic E-state index is -4.60. The second kappa shape index (κ2) is 5.10. The standard InChI is InChI=1S/C9H4Cl2F3IO/c10-3-6(16)7-4(9(12,13)14)1-2-5(11)8(7)15/h1-2H,3H2. The second-order valence-corrected chi connectivity index (χ2v) is 4.59. The van der Waals surface area contributed by atoms with Crippen LogP contribution in [-0.4, -0.2) is 11.7 Å². The quantitative estimate of drug-likeness (QED) is 0.421. The molecule has 1 aromatic carbocycles. The molecule has 1 rings (SSSR count). The second-order valence-electron chi connectivity index (χ2n) is 2.84. The van der Waals surface area contributed by atoms with Gasteiger partial charge in [-0.2, -0.15) is 13.2 Å². The molecule has 0 N–H and O–H groups in total. The molecule has 16 heavy (non-hydrogen) atoms. The summed E-state index contributed by atoms with van der Waals surface area (Å²) in [6.45, 7) is 0. The molecule has 0 atom stereocenters. The van der Waals surface area contributed by atoms with Gasteiger partial charge in [0.15, 0.2) is 5.78 Å². The normalized spacial score (nSPS) is 11.6. The van der Waals surface area contributed by atoms with E-state index in [4.69, 9.17) is 23.2 Å². The van der Waals surface area contributed by atoms with Gasteiger partial charge >= 0.3 is 6.18 Å². The summed E-state index contributed by atoms with van der Waals surface area (Å²) in [6, 6.07) is 1.89. The molecule has 0 amide bonds. The number of hydrogen-bond acceptors (Lipinski definition) is 1. The Morgan fingerprint density at radius 1 is 1.38 bits per heavy atom. The summed E-state index contributed by atoms with van der Waals surface area (Å²) in [4.78, 5) is 11.4. The van der Waals surface area contributed by atoms with Gasteiger partial charge in [-0.15, -0.1) is 11.6 Å². The highest BCUT2D eigenvalue weighted by molar-refractivity contribution is 14.1. The van der Waals surface area contributed by atoms with E-state index < -0.39 is 29.0 Å². The van der Waals surface area contributed by atoms with Crippen LogP contribution in [0.5, 0.6) is 0 Å². The summed E-state index contributed by atoms with van der Waals surface area (Å²) in [6.07, 6.45) is -4.60. The Morgan fingerprint density at radius 2 is 1.94 bits per heavy atom. The third kappa shape index (κ3) is 2.81. The van der Waals surface area contributed by atoms with Crippen LogP contribution in [0.25, 0.3) is 0 Å². The highest BCUT2D eigenvalue weighted by atomic mass is 127. The van der Waals surface area contributed by atoms with Crippen molar-refractivity contribution in [2.24, 2.45) is 0 Å². The van der Waals surface area contributed by atoms with Crippen molar-refractivity contribution in [2.75, 3.05) is 5.88 Å². The molecule has 0 saturated carbocycles. The van der Waals surface area contributed by atoms with Crippen LogP contribution in [0.2, 0.25) is 5.02 Å². The van der Waals surface area contributed by atoms with Gasteiger partial charge in [-0.05, 0) is 34.7 Å². The fourth-order valence-electron chi connectivity index (χ4n) is 1.13. The predicted octanol–water partition coefficient (Wildman–Crippen LogP) is 4.38. The fourth-order valence-corrected chi connectivity index (χ4v) is 2.19. The minimum Gasteiger partial charge on any atom is -0.293 e. The van der Waals surface area contributed by atoms with Crippen molar-refractivity contribution >= 4 is 51.6 Å². The molecule has 0 radical (unpaired) electrons. The van der Waals surface area contributed by atoms with E-state index in [1.54, 1.807) is 22.6 Å². The van der Waals surface area contributed by atoms with Gasteiger partial charge in [0.1, 0.15) is 0 Å². The number of carbonyl (C=O) groups is 1. The first kappa shape index (κ1) is 14.1. The van der Waals surface area contributed by atoms with Crippen molar-refractivity contribution in [3.05, 3.63) is 31.9 Å². The third-order valence-electron chi connectivity index (χ3n) is 1.80. The molecule has 0 aliphatic carbocycles. The van der Waals surface area contributed by atoms with Gasteiger partial charge in [-0.1, -0.05) is 11.6 Å². The van der Waals surface area contributed by atoms with E-state index in [1.807, 2.05) is 0 Å². The van der Waals surface area contributed by atoms with Crippen LogP contribution in [0.15, 0.2) is 12.1 Å². The van der Waals surface area contributed by atoms with Crippen molar-refractivity contribution in [3.63, 3.8) is 0 Å². The largest absolute Gasteiger partial charge is 0.417 e. The molecule has 0 spiro atoms. The number of ketones is 1. The highest BCUT2D eigenvalue weighted by Crippen LogP contribution is 2.36. The molecule has 0 bridgehead atoms. The van der Waals surface area contributed by atoms with Gasteiger partial charge in [0.05, 0.1) is 16.5 Å². The summed E-state index contributed by atoms with van der Waals surface area (Å²) < 4.78 is 37.9. The molecule has 0 aliphatic heterocycles. The number of benzene rings is 1. The Kier molecular flexibility index (Phi) is 4.48. The molecule has 1 nitrogen and oxygen atoms in total. The zero-order valence-electron chi connectivity index (χ0n) is 7.54. The first-order valence-electron chi connectivity index (χ1n) is 3.93. The smallest absolute Gasteiger partial charge is 0.293 e. The van der Waals surface area contributed by atoms with Gasteiger partial charge < -0.3 is 0 Å². The van der Waals surface area contributed by atoms with Crippen LogP contribution in [-0.2, 0) is 6.18 Å². The summed E-state index contributed by atoms with van der Waals surface area (Å²) >= 11 is 12.5. The lowest BCUT2D eigenvalue weighted by atomic mass is 10.0. The van der Waals surface area contributed by atoms with Crippen molar-refractivity contribution in [2.45, 2.75) is 6.18 Å². The number of halogens is 6. The van der Waals surface area contributed by atoms with Crippen LogP contribution in [0, 0.1) is 3.57 Å². The fraction of sp³-hybridized carbons (Fsp3) is 0.222. The molecule has 0 heterocycles. The molecule has 1 aromatic rings. The maximum atomic E-state index is 12.6. The maximum absolute atomic E-state index is 12.6. The van der Waals surface area contributed by atoms with E-state index in [0.29, 0.717) is 0 Å². The lowest BCUT2D eigenvalue weighted by Crippen LogP contribution is -2.15. The van der Waals surface area contributed by atoms with E-state index in [2.05, 4.69) is 0 Å². The monoisotopic (exact) mass is 382 g/mol. The van der Waals surface area contributed by atoms with E-state index in [1.165, 1.54) is 0 Å². The van der Waals surface area contributed by atoms with E-state index in [9.17, 15) is 18.0 Å². The van der Waals surface area contributed by atoms with Crippen molar-refractivity contribution in [3.8, 4) is 0 Å². The lowest BCUT2D eigenvalue weighted by molar-refractivity contribution is -0.137. The molecular weight excluding hydrogens is 379 g/mol. The average molecular weight is 383 g/mol. The van der Waals surface area contributed by atoms with Crippen molar-refractivity contribution < 1.29 is 18.0 Å². The van der Waals surface area contributed by atoms with Gasteiger partial charge in [0.25, 0.3) is 0 Å². The van der Waals surface area contributed by atoms with Crippen LogP contribution < -0.4 is 0 Å². The van der Waals surface area contributed by atoms with Crippen molar-refractivity contribution in [1.29, 1.82) is 0 Å². The Balaban J connectivity index is 3.51. The van der Waals surface area contributed by atoms with Gasteiger partial charge in [-0.25, -0.2) is 0 Å². The summed E-state index contributed by atoms with van der Waals surface area (Å²) in [5.41, 5.74) is -1.47. The SMILES string of the molecule is O=C(CCl)c1c(C(F)(F)F)ccc(Cl)c1I. The van der Waals surface area contributed by atoms with Crippen LogP contribution in [0.3, 0.4) is 0 Å².